The number of hydrogen-bond donors (Lipinski definition) is 0. The molecular weight excluding hydrogens is 126 g/mol. The fourth-order valence-electron chi connectivity index (χ4n) is 1.52. The summed E-state index contributed by atoms with van der Waals surface area (Å²) < 4.78 is 5.46. The Morgan fingerprint density at radius 2 is 2.40 bits per heavy atom. The van der Waals surface area contributed by atoms with Gasteiger partial charge in [-0.3, -0.25) is 0 Å². The fraction of sp³-hybridized carbons (Fsp3) is 0.750. The van der Waals surface area contributed by atoms with Gasteiger partial charge in [-0.05, 0) is 18.5 Å². The predicted molar refractivity (Wildman–Crippen MR) is 39.3 cm³/mol. The van der Waals surface area contributed by atoms with Gasteiger partial charge in [0, 0.05) is 7.05 Å². The summed E-state index contributed by atoms with van der Waals surface area (Å²) in [6, 6.07) is 0. The second-order valence-corrected chi connectivity index (χ2v) is 3.25. The minimum absolute atomic E-state index is 0.383. The Morgan fingerprint density at radius 1 is 1.60 bits per heavy atom. The van der Waals surface area contributed by atoms with Gasteiger partial charge in [0.05, 0.1) is 0 Å². The zero-order chi connectivity index (χ0) is 7.14. The lowest BCUT2D eigenvalue weighted by Gasteiger charge is -2.07. The monoisotopic (exact) mass is 139 g/mol. The van der Waals surface area contributed by atoms with E-state index in [1.807, 2.05) is 0 Å². The number of hydrogen-bond acceptors (Lipinski definition) is 2. The van der Waals surface area contributed by atoms with Crippen LogP contribution in [0, 0.1) is 5.92 Å². The molecule has 2 aliphatic heterocycles. The van der Waals surface area contributed by atoms with Gasteiger partial charge in [0.1, 0.15) is 6.10 Å². The number of fused-ring (bicyclic) bond motifs is 1. The first kappa shape index (κ1) is 6.23. The number of nitrogens with zero attached hydrogens (tertiary/aromatic N) is 1. The Hall–Kier alpha value is -0.500. The summed E-state index contributed by atoms with van der Waals surface area (Å²) in [6.45, 7) is 2.24. The third-order valence-electron chi connectivity index (χ3n) is 2.31. The van der Waals surface area contributed by atoms with Crippen LogP contribution in [0.25, 0.3) is 0 Å². The molecule has 1 saturated heterocycles. The van der Waals surface area contributed by atoms with E-state index >= 15 is 0 Å². The van der Waals surface area contributed by atoms with Crippen molar-refractivity contribution in [3.8, 4) is 0 Å². The van der Waals surface area contributed by atoms with Crippen molar-refractivity contribution < 1.29 is 4.74 Å². The lowest BCUT2D eigenvalue weighted by molar-refractivity contribution is 0.252. The van der Waals surface area contributed by atoms with Crippen LogP contribution in [0.4, 0.5) is 0 Å². The average Bonchev–Trinajstić information content (AvgIpc) is 2.63. The van der Waals surface area contributed by atoms with E-state index in [9.17, 15) is 0 Å². The molecule has 2 heterocycles. The molecule has 0 saturated carbocycles. The van der Waals surface area contributed by atoms with E-state index in [4.69, 9.17) is 4.74 Å². The Kier molecular flexibility index (Phi) is 1.24. The molecule has 2 heteroatoms. The SMILES string of the molecule is CC1CC=CN(C)C2OC12. The number of likely N-dealkylation sites (N-methyl/N-ethyl adjacent to an activating group) is 1. The molecule has 3 atom stereocenters. The van der Waals surface area contributed by atoms with Crippen LogP contribution in [0.5, 0.6) is 0 Å². The van der Waals surface area contributed by atoms with Crippen molar-refractivity contribution >= 4 is 0 Å². The number of ether oxygens (including phenoxy) is 1. The third kappa shape index (κ3) is 0.833. The third-order valence-corrected chi connectivity index (χ3v) is 2.31. The van der Waals surface area contributed by atoms with E-state index in [0.717, 1.165) is 6.42 Å². The van der Waals surface area contributed by atoms with E-state index in [-0.39, 0.29) is 0 Å². The minimum atomic E-state index is 0.383. The topological polar surface area (TPSA) is 15.8 Å². The smallest absolute Gasteiger partial charge is 0.156 e. The van der Waals surface area contributed by atoms with Crippen molar-refractivity contribution in [3.63, 3.8) is 0 Å². The largest absolute Gasteiger partial charge is 0.354 e. The molecule has 3 unspecified atom stereocenters. The Morgan fingerprint density at radius 3 is 3.20 bits per heavy atom. The summed E-state index contributed by atoms with van der Waals surface area (Å²) in [6.07, 6.45) is 6.38. The van der Waals surface area contributed by atoms with Gasteiger partial charge in [-0.2, -0.15) is 0 Å². The van der Waals surface area contributed by atoms with Crippen molar-refractivity contribution in [2.75, 3.05) is 7.05 Å². The Balaban J connectivity index is 2.09. The summed E-state index contributed by atoms with van der Waals surface area (Å²) >= 11 is 0. The maximum atomic E-state index is 5.46. The van der Waals surface area contributed by atoms with E-state index in [2.05, 4.69) is 31.1 Å². The first-order valence-electron chi connectivity index (χ1n) is 3.83. The van der Waals surface area contributed by atoms with Crippen molar-refractivity contribution in [3.05, 3.63) is 12.3 Å². The molecule has 0 aromatic heterocycles. The Bertz CT molecular complexity index is 167. The predicted octanol–water partition coefficient (Wildman–Crippen LogP) is 1.20. The maximum Gasteiger partial charge on any atom is 0.156 e. The molecule has 0 spiro atoms. The standard InChI is InChI=1S/C8H13NO/c1-6-4-3-5-9(2)8-7(6)10-8/h3,5-8H,4H2,1-2H3. The van der Waals surface area contributed by atoms with Crippen molar-refractivity contribution in [1.82, 2.24) is 4.90 Å². The van der Waals surface area contributed by atoms with Crippen LogP contribution in [-0.4, -0.2) is 24.3 Å². The van der Waals surface area contributed by atoms with E-state index in [1.54, 1.807) is 0 Å². The highest BCUT2D eigenvalue weighted by Gasteiger charge is 2.45. The minimum Gasteiger partial charge on any atom is -0.354 e. The zero-order valence-corrected chi connectivity index (χ0v) is 6.45. The molecule has 0 bridgehead atoms. The zero-order valence-electron chi connectivity index (χ0n) is 6.45. The van der Waals surface area contributed by atoms with Gasteiger partial charge in [0.2, 0.25) is 0 Å². The van der Waals surface area contributed by atoms with E-state index < -0.39 is 0 Å². The summed E-state index contributed by atoms with van der Waals surface area (Å²) in [5.74, 6) is 0.700. The van der Waals surface area contributed by atoms with Crippen LogP contribution in [0.15, 0.2) is 12.3 Å². The van der Waals surface area contributed by atoms with Crippen molar-refractivity contribution in [2.24, 2.45) is 5.92 Å². The highest BCUT2D eigenvalue weighted by atomic mass is 16.6. The summed E-state index contributed by atoms with van der Waals surface area (Å²) in [4.78, 5) is 2.15. The van der Waals surface area contributed by atoms with Gasteiger partial charge in [-0.1, -0.05) is 13.0 Å². The summed E-state index contributed by atoms with van der Waals surface area (Å²) in [5, 5.41) is 0. The average molecular weight is 139 g/mol. The molecule has 0 aliphatic carbocycles. The maximum absolute atomic E-state index is 5.46. The molecule has 10 heavy (non-hydrogen) atoms. The molecule has 0 radical (unpaired) electrons. The highest BCUT2D eigenvalue weighted by Crippen LogP contribution is 2.35. The normalized spacial score (nSPS) is 44.6. The molecule has 56 valence electrons. The fourth-order valence-corrected chi connectivity index (χ4v) is 1.52. The lowest BCUT2D eigenvalue weighted by atomic mass is 10.1. The molecule has 2 rings (SSSR count). The molecule has 2 nitrogen and oxygen atoms in total. The van der Waals surface area contributed by atoms with Crippen LogP contribution in [0.1, 0.15) is 13.3 Å². The first-order valence-corrected chi connectivity index (χ1v) is 3.83. The van der Waals surface area contributed by atoms with Crippen molar-refractivity contribution in [1.29, 1.82) is 0 Å². The number of rotatable bonds is 0. The summed E-state index contributed by atoms with van der Waals surface area (Å²) in [7, 11) is 2.07. The molecule has 2 aliphatic rings. The Labute approximate surface area is 61.5 Å². The van der Waals surface area contributed by atoms with Crippen LogP contribution in [0.2, 0.25) is 0 Å². The van der Waals surface area contributed by atoms with Gasteiger partial charge >= 0.3 is 0 Å². The van der Waals surface area contributed by atoms with Gasteiger partial charge in [-0.25, -0.2) is 0 Å². The first-order chi connectivity index (χ1) is 4.79. The van der Waals surface area contributed by atoms with Crippen LogP contribution in [0.3, 0.4) is 0 Å². The number of allylic oxidation sites excluding steroid dienone is 1. The molecule has 1 fully saturated rings. The van der Waals surface area contributed by atoms with Gasteiger partial charge in [-0.15, -0.1) is 0 Å². The molecule has 0 N–H and O–H groups in total. The second-order valence-electron chi connectivity index (χ2n) is 3.25. The molecule has 0 aromatic rings. The lowest BCUT2D eigenvalue weighted by Crippen LogP contribution is -2.17. The second kappa shape index (κ2) is 1.99. The quantitative estimate of drug-likeness (QED) is 0.469. The van der Waals surface area contributed by atoms with Gasteiger partial charge in [0.25, 0.3) is 0 Å². The van der Waals surface area contributed by atoms with Crippen LogP contribution < -0.4 is 0 Å². The van der Waals surface area contributed by atoms with Gasteiger partial charge in [0.15, 0.2) is 6.23 Å². The highest BCUT2D eigenvalue weighted by molar-refractivity contribution is 4.99. The molecule has 0 amide bonds. The molecular formula is C8H13NO. The van der Waals surface area contributed by atoms with E-state index in [1.165, 1.54) is 0 Å². The van der Waals surface area contributed by atoms with Crippen LogP contribution in [-0.2, 0) is 4.74 Å². The summed E-state index contributed by atoms with van der Waals surface area (Å²) in [5.41, 5.74) is 0. The molecule has 0 aromatic carbocycles. The number of epoxide rings is 1. The van der Waals surface area contributed by atoms with Crippen molar-refractivity contribution in [2.45, 2.75) is 25.7 Å². The van der Waals surface area contributed by atoms with E-state index in [0.29, 0.717) is 18.2 Å². The van der Waals surface area contributed by atoms with Gasteiger partial charge < -0.3 is 9.64 Å². The van der Waals surface area contributed by atoms with Crippen LogP contribution >= 0.6 is 0 Å².